The molecule has 3 rings (SSSR count). The second-order valence-electron chi connectivity index (χ2n) is 5.82. The van der Waals surface area contributed by atoms with Crippen molar-refractivity contribution >= 4 is 5.91 Å². The van der Waals surface area contributed by atoms with Crippen LogP contribution in [-0.4, -0.2) is 36.6 Å². The molecule has 1 aromatic heterocycles. The van der Waals surface area contributed by atoms with Crippen LogP contribution in [0.3, 0.4) is 0 Å². The highest BCUT2D eigenvalue weighted by atomic mass is 19.1. The van der Waals surface area contributed by atoms with Gasteiger partial charge in [-0.3, -0.25) is 4.79 Å². The smallest absolute Gasteiger partial charge is 0.257 e. The molecule has 0 unspecified atom stereocenters. The van der Waals surface area contributed by atoms with Gasteiger partial charge in [0.05, 0.1) is 18.9 Å². The van der Waals surface area contributed by atoms with E-state index in [9.17, 15) is 9.18 Å². The largest absolute Gasteiger partial charge is 0.355 e. The van der Waals surface area contributed by atoms with Crippen LogP contribution in [0.15, 0.2) is 28.8 Å². The number of carbonyl (C=O) groups excluding carboxylic acids is 1. The van der Waals surface area contributed by atoms with E-state index in [1.807, 2.05) is 6.92 Å². The highest BCUT2D eigenvalue weighted by Crippen LogP contribution is 2.27. The fourth-order valence-electron chi connectivity index (χ4n) is 2.66. The van der Waals surface area contributed by atoms with Crippen molar-refractivity contribution in [2.45, 2.75) is 26.1 Å². The summed E-state index contributed by atoms with van der Waals surface area (Å²) in [4.78, 5) is 12.5. The number of nitrogens with one attached hydrogen (secondary N) is 1. The predicted molar refractivity (Wildman–Crippen MR) is 83.9 cm³/mol. The molecule has 0 radical (unpaired) electrons. The van der Waals surface area contributed by atoms with E-state index in [4.69, 9.17) is 14.0 Å². The third kappa shape index (κ3) is 3.47. The molecule has 2 aromatic rings. The van der Waals surface area contributed by atoms with E-state index in [2.05, 4.69) is 10.5 Å². The number of carbonyl (C=O) groups is 1. The molecule has 1 fully saturated rings. The highest BCUT2D eigenvalue weighted by Gasteiger charge is 2.31. The van der Waals surface area contributed by atoms with Crippen molar-refractivity contribution in [1.82, 2.24) is 10.5 Å². The van der Waals surface area contributed by atoms with Gasteiger partial charge in [0, 0.05) is 18.5 Å². The minimum atomic E-state index is -0.664. The van der Waals surface area contributed by atoms with E-state index >= 15 is 0 Å². The van der Waals surface area contributed by atoms with Gasteiger partial charge < -0.3 is 19.3 Å². The maximum Gasteiger partial charge on any atom is 0.257 e. The van der Waals surface area contributed by atoms with Gasteiger partial charge in [0.1, 0.15) is 11.4 Å². The van der Waals surface area contributed by atoms with Crippen molar-refractivity contribution in [2.75, 3.05) is 19.8 Å². The Balaban J connectivity index is 1.72. The molecule has 1 amide bonds. The summed E-state index contributed by atoms with van der Waals surface area (Å²) >= 11 is 0. The molecule has 0 saturated carbocycles. The Hall–Kier alpha value is -2.25. The number of benzene rings is 1. The van der Waals surface area contributed by atoms with Crippen LogP contribution in [0.5, 0.6) is 0 Å². The fraction of sp³-hybridized carbons (Fsp3) is 0.412. The van der Waals surface area contributed by atoms with Crippen LogP contribution in [0.25, 0.3) is 11.3 Å². The van der Waals surface area contributed by atoms with Crippen molar-refractivity contribution in [2.24, 2.45) is 0 Å². The minimum absolute atomic E-state index is 0.254. The highest BCUT2D eigenvalue weighted by molar-refractivity contribution is 6.00. The van der Waals surface area contributed by atoms with E-state index < -0.39 is 11.6 Å². The number of nitrogens with zero attached hydrogens (tertiary/aromatic N) is 1. The molecule has 1 aliphatic rings. The molecule has 1 aromatic carbocycles. The molecule has 1 saturated heterocycles. The Bertz CT molecular complexity index is 738. The summed E-state index contributed by atoms with van der Waals surface area (Å²) in [6, 6.07) is 5.85. The Morgan fingerprint density at radius 1 is 1.38 bits per heavy atom. The number of rotatable bonds is 5. The lowest BCUT2D eigenvalue weighted by Gasteiger charge is -2.22. The average Bonchev–Trinajstić information content (AvgIpc) is 3.13. The zero-order valence-electron chi connectivity index (χ0n) is 13.6. The zero-order chi connectivity index (χ0) is 17.2. The van der Waals surface area contributed by atoms with Gasteiger partial charge in [-0.2, -0.15) is 0 Å². The summed E-state index contributed by atoms with van der Waals surface area (Å²) in [5.41, 5.74) is 1.22. The van der Waals surface area contributed by atoms with E-state index in [-0.39, 0.29) is 11.7 Å². The number of aryl methyl sites for hydroxylation is 1. The molecular formula is C17H19FN2O4. The molecule has 1 aliphatic heterocycles. The van der Waals surface area contributed by atoms with Crippen molar-refractivity contribution in [1.29, 1.82) is 0 Å². The van der Waals surface area contributed by atoms with Crippen molar-refractivity contribution in [3.8, 4) is 11.3 Å². The molecule has 6 nitrogen and oxygen atoms in total. The first-order valence-electron chi connectivity index (χ1n) is 7.77. The summed E-state index contributed by atoms with van der Waals surface area (Å²) in [7, 11) is 0. The first-order valence-corrected chi connectivity index (χ1v) is 7.77. The van der Waals surface area contributed by atoms with E-state index in [0.717, 1.165) is 0 Å². The molecule has 7 heteroatoms. The van der Waals surface area contributed by atoms with Crippen LogP contribution in [0, 0.1) is 12.7 Å². The van der Waals surface area contributed by atoms with Crippen LogP contribution < -0.4 is 5.32 Å². The van der Waals surface area contributed by atoms with Crippen molar-refractivity contribution in [3.63, 3.8) is 0 Å². The quantitative estimate of drug-likeness (QED) is 0.910. The van der Waals surface area contributed by atoms with Gasteiger partial charge in [-0.25, -0.2) is 4.39 Å². The van der Waals surface area contributed by atoms with Crippen LogP contribution in [0.4, 0.5) is 4.39 Å². The van der Waals surface area contributed by atoms with Crippen LogP contribution in [-0.2, 0) is 9.47 Å². The summed E-state index contributed by atoms with van der Waals surface area (Å²) < 4.78 is 29.6. The lowest BCUT2D eigenvalue weighted by molar-refractivity contribution is -0.145. The molecular weight excluding hydrogens is 315 g/mol. The molecule has 24 heavy (non-hydrogen) atoms. The molecule has 128 valence electrons. The van der Waals surface area contributed by atoms with Gasteiger partial charge in [-0.1, -0.05) is 17.3 Å². The van der Waals surface area contributed by atoms with Crippen LogP contribution in [0.1, 0.15) is 29.4 Å². The standard InChI is InChI=1S/C17H19FN2O4/c1-11-14(15(24-20-11)12-4-3-5-13(18)10-12)16(21)19-7-6-17(2)22-8-9-23-17/h3-5,10H,6-9H2,1-2H3,(H,19,21). The number of amides is 1. The maximum atomic E-state index is 13.4. The second kappa shape index (κ2) is 6.70. The van der Waals surface area contributed by atoms with Crippen molar-refractivity contribution in [3.05, 3.63) is 41.3 Å². The lowest BCUT2D eigenvalue weighted by atomic mass is 10.1. The van der Waals surface area contributed by atoms with Gasteiger partial charge in [0.2, 0.25) is 0 Å². The van der Waals surface area contributed by atoms with E-state index in [0.29, 0.717) is 43.0 Å². The molecule has 0 spiro atoms. The summed E-state index contributed by atoms with van der Waals surface area (Å²) in [5.74, 6) is -1.14. The van der Waals surface area contributed by atoms with Crippen LogP contribution in [0.2, 0.25) is 0 Å². The number of hydrogen-bond donors (Lipinski definition) is 1. The number of aromatic nitrogens is 1. The SMILES string of the molecule is Cc1noc(-c2cccc(F)c2)c1C(=O)NCCC1(C)OCCO1. The topological polar surface area (TPSA) is 73.6 Å². The third-order valence-electron chi connectivity index (χ3n) is 3.94. The van der Waals surface area contributed by atoms with Crippen LogP contribution >= 0.6 is 0 Å². The number of hydrogen-bond acceptors (Lipinski definition) is 5. The summed E-state index contributed by atoms with van der Waals surface area (Å²) in [6.07, 6.45) is 0.526. The molecule has 1 N–H and O–H groups in total. The van der Waals surface area contributed by atoms with E-state index in [1.54, 1.807) is 19.1 Å². The Morgan fingerprint density at radius 2 is 2.12 bits per heavy atom. The average molecular weight is 334 g/mol. The number of halogens is 1. The maximum absolute atomic E-state index is 13.4. The normalized spacial score (nSPS) is 16.3. The molecule has 0 atom stereocenters. The minimum Gasteiger partial charge on any atom is -0.355 e. The zero-order valence-corrected chi connectivity index (χ0v) is 13.6. The molecule has 0 bridgehead atoms. The Kier molecular flexibility index (Phi) is 4.64. The van der Waals surface area contributed by atoms with E-state index in [1.165, 1.54) is 12.1 Å². The van der Waals surface area contributed by atoms with Gasteiger partial charge in [-0.15, -0.1) is 0 Å². The number of ether oxygens (including phenoxy) is 2. The second-order valence-corrected chi connectivity index (χ2v) is 5.82. The lowest BCUT2D eigenvalue weighted by Crippen LogP contribution is -2.33. The third-order valence-corrected chi connectivity index (χ3v) is 3.94. The predicted octanol–water partition coefficient (Wildman–Crippen LogP) is 2.67. The summed E-state index contributed by atoms with van der Waals surface area (Å²) in [5, 5.41) is 6.65. The first kappa shape index (κ1) is 16.6. The fourth-order valence-corrected chi connectivity index (χ4v) is 2.66. The monoisotopic (exact) mass is 334 g/mol. The van der Waals surface area contributed by atoms with Gasteiger partial charge in [0.25, 0.3) is 5.91 Å². The summed E-state index contributed by atoms with van der Waals surface area (Å²) in [6.45, 7) is 5.00. The Morgan fingerprint density at radius 3 is 2.83 bits per heavy atom. The van der Waals surface area contributed by atoms with Gasteiger partial charge in [0.15, 0.2) is 11.5 Å². The molecule has 0 aliphatic carbocycles. The first-order chi connectivity index (χ1) is 11.5. The van der Waals surface area contributed by atoms with Gasteiger partial charge in [-0.05, 0) is 26.0 Å². The van der Waals surface area contributed by atoms with Gasteiger partial charge >= 0.3 is 0 Å². The molecule has 2 heterocycles. The Labute approximate surface area is 138 Å². The van der Waals surface area contributed by atoms with Crippen molar-refractivity contribution < 1.29 is 23.2 Å².